The number of aromatic nitrogens is 2. The molecule has 0 aliphatic rings. The molecule has 0 aliphatic carbocycles. The van der Waals surface area contributed by atoms with Gasteiger partial charge in [0, 0.05) is 49.7 Å². The minimum atomic E-state index is -0.595. The van der Waals surface area contributed by atoms with Gasteiger partial charge >= 0.3 is 0 Å². The number of pyridine rings is 2. The van der Waals surface area contributed by atoms with Crippen LogP contribution in [0.25, 0.3) is 11.1 Å². The predicted octanol–water partition coefficient (Wildman–Crippen LogP) is 3.06. The molecular weight excluding hydrogens is 562 g/mol. The first kappa shape index (κ1) is 30.4. The molecule has 12 heteroatoms. The molecule has 0 atom stereocenters. The number of para-hydroxylation sites is 1. The summed E-state index contributed by atoms with van der Waals surface area (Å²) in [6.45, 7) is 1.54. The number of halogens is 1. The Kier molecular flexibility index (Phi) is 10.4. The first-order chi connectivity index (χ1) is 20.3. The minimum absolute atomic E-state index is 0.0260. The van der Waals surface area contributed by atoms with Gasteiger partial charge < -0.3 is 30.5 Å². The van der Waals surface area contributed by atoms with Crippen LogP contribution >= 0.6 is 11.6 Å². The molecule has 2 aromatic carbocycles. The summed E-state index contributed by atoms with van der Waals surface area (Å²) in [5, 5.41) is 34.5. The molecule has 2 heterocycles. The van der Waals surface area contributed by atoms with Gasteiger partial charge in [-0.15, -0.1) is 0 Å². The number of hydrogen-bond donors (Lipinski definition) is 5. The van der Waals surface area contributed by atoms with E-state index in [1.54, 1.807) is 53.2 Å². The van der Waals surface area contributed by atoms with Crippen molar-refractivity contribution in [2.45, 2.75) is 6.54 Å². The summed E-state index contributed by atoms with van der Waals surface area (Å²) in [5.74, 6) is -1.21. The van der Waals surface area contributed by atoms with E-state index in [1.807, 2.05) is 4.90 Å². The first-order valence-corrected chi connectivity index (χ1v) is 13.5. The van der Waals surface area contributed by atoms with Gasteiger partial charge in [-0.2, -0.15) is 0 Å². The molecule has 11 nitrogen and oxygen atoms in total. The molecule has 4 rings (SSSR count). The highest BCUT2D eigenvalue weighted by atomic mass is 35.5. The van der Waals surface area contributed by atoms with E-state index in [9.17, 15) is 29.7 Å². The summed E-state index contributed by atoms with van der Waals surface area (Å²) in [6, 6.07) is 17.2. The fraction of sp³-hybridized carbons (Fsp3) is 0.200. The number of anilines is 2. The number of phenolic OH excluding ortho intramolecular Hbond substituents is 1. The number of carbonyl (C=O) groups excluding carboxylic acids is 2. The topological polar surface area (TPSA) is 157 Å². The summed E-state index contributed by atoms with van der Waals surface area (Å²) >= 11 is 5.84. The maximum atomic E-state index is 13.1. The molecule has 0 saturated carbocycles. The summed E-state index contributed by atoms with van der Waals surface area (Å²) in [4.78, 5) is 45.0. The molecule has 0 fully saturated rings. The van der Waals surface area contributed by atoms with Gasteiger partial charge in [-0.3, -0.25) is 19.3 Å². The van der Waals surface area contributed by atoms with E-state index in [0.29, 0.717) is 42.3 Å². The number of benzene rings is 2. The van der Waals surface area contributed by atoms with Crippen molar-refractivity contribution in [3.8, 4) is 16.9 Å². The first-order valence-electron chi connectivity index (χ1n) is 13.1. The maximum Gasteiger partial charge on any atom is 0.259 e. The van der Waals surface area contributed by atoms with E-state index in [2.05, 4.69) is 15.6 Å². The van der Waals surface area contributed by atoms with Gasteiger partial charge in [0.05, 0.1) is 29.5 Å². The van der Waals surface area contributed by atoms with E-state index in [1.165, 1.54) is 30.5 Å². The zero-order valence-electron chi connectivity index (χ0n) is 22.5. The van der Waals surface area contributed by atoms with Gasteiger partial charge in [0.25, 0.3) is 17.4 Å². The highest BCUT2D eigenvalue weighted by Gasteiger charge is 2.19. The Morgan fingerprint density at radius 2 is 1.62 bits per heavy atom. The number of nitrogens with one attached hydrogen (secondary N) is 2. The number of nitrogens with zero attached hydrogens (tertiary/aromatic N) is 3. The van der Waals surface area contributed by atoms with Crippen LogP contribution < -0.4 is 16.2 Å². The minimum Gasteiger partial charge on any atom is -0.506 e. The zero-order valence-corrected chi connectivity index (χ0v) is 23.3. The van der Waals surface area contributed by atoms with Gasteiger partial charge in [-0.05, 0) is 54.1 Å². The Hall–Kier alpha value is -4.55. The summed E-state index contributed by atoms with van der Waals surface area (Å²) in [5.41, 5.74) is 1.02. The van der Waals surface area contributed by atoms with Crippen LogP contribution in [0.1, 0.15) is 20.7 Å². The molecule has 5 N–H and O–H groups in total. The van der Waals surface area contributed by atoms with Crippen molar-refractivity contribution in [2.24, 2.45) is 0 Å². The SMILES string of the molecule is O=C(Nc1c(O)cccc1C(=O)Nc1ccc(Cl)cn1)c1ccc(-c2cccn(CCN(CCO)CCO)c2=O)cc1. The Labute approximate surface area is 246 Å². The monoisotopic (exact) mass is 591 g/mol. The van der Waals surface area contributed by atoms with Crippen LogP contribution in [0.5, 0.6) is 5.75 Å². The second-order valence-electron chi connectivity index (χ2n) is 9.26. The number of aliphatic hydroxyl groups is 2. The molecule has 0 aliphatic heterocycles. The summed E-state index contributed by atoms with van der Waals surface area (Å²) < 4.78 is 1.56. The fourth-order valence-electron chi connectivity index (χ4n) is 4.28. The number of phenols is 1. The van der Waals surface area contributed by atoms with E-state index in [4.69, 9.17) is 11.6 Å². The molecular formula is C30H30ClN5O6. The van der Waals surface area contributed by atoms with Gasteiger partial charge in [0.15, 0.2) is 0 Å². The van der Waals surface area contributed by atoms with Crippen LogP contribution in [0, 0.1) is 0 Å². The number of hydrogen-bond acceptors (Lipinski definition) is 8. The number of rotatable bonds is 12. The largest absolute Gasteiger partial charge is 0.506 e. The molecule has 0 radical (unpaired) electrons. The van der Waals surface area contributed by atoms with Crippen molar-refractivity contribution in [3.63, 3.8) is 0 Å². The average Bonchev–Trinajstić information content (AvgIpc) is 2.99. The number of carbonyl (C=O) groups is 2. The lowest BCUT2D eigenvalue weighted by atomic mass is 10.0. The van der Waals surface area contributed by atoms with Crippen molar-refractivity contribution >= 4 is 34.9 Å². The summed E-state index contributed by atoms with van der Waals surface area (Å²) in [7, 11) is 0. The van der Waals surface area contributed by atoms with Crippen molar-refractivity contribution in [1.82, 2.24) is 14.5 Å². The normalized spacial score (nSPS) is 11.0. The third-order valence-electron chi connectivity index (χ3n) is 6.46. The Morgan fingerprint density at radius 3 is 2.29 bits per heavy atom. The van der Waals surface area contributed by atoms with Gasteiger partial charge in [0.2, 0.25) is 0 Å². The molecule has 4 aromatic rings. The Morgan fingerprint density at radius 1 is 0.881 bits per heavy atom. The zero-order chi connectivity index (χ0) is 30.1. The van der Waals surface area contributed by atoms with Crippen molar-refractivity contribution in [2.75, 3.05) is 43.5 Å². The second kappa shape index (κ2) is 14.4. The van der Waals surface area contributed by atoms with Crippen LogP contribution in [0.2, 0.25) is 5.02 Å². The van der Waals surface area contributed by atoms with Crippen LogP contribution in [-0.4, -0.2) is 74.4 Å². The molecule has 42 heavy (non-hydrogen) atoms. The van der Waals surface area contributed by atoms with E-state index >= 15 is 0 Å². The third kappa shape index (κ3) is 7.59. The van der Waals surface area contributed by atoms with Gasteiger partial charge in [-0.25, -0.2) is 4.98 Å². The smallest absolute Gasteiger partial charge is 0.259 e. The quantitative estimate of drug-likeness (QED) is 0.157. The van der Waals surface area contributed by atoms with Gasteiger partial charge in [-0.1, -0.05) is 29.8 Å². The highest BCUT2D eigenvalue weighted by Crippen LogP contribution is 2.29. The molecule has 0 saturated heterocycles. The molecule has 218 valence electrons. The maximum absolute atomic E-state index is 13.1. The van der Waals surface area contributed by atoms with Crippen molar-refractivity contribution in [1.29, 1.82) is 0 Å². The lowest BCUT2D eigenvalue weighted by molar-refractivity contribution is 0.102. The van der Waals surface area contributed by atoms with Crippen LogP contribution in [0.4, 0.5) is 11.5 Å². The third-order valence-corrected chi connectivity index (χ3v) is 6.69. The predicted molar refractivity (Wildman–Crippen MR) is 160 cm³/mol. The lowest BCUT2D eigenvalue weighted by Gasteiger charge is -2.20. The fourth-order valence-corrected chi connectivity index (χ4v) is 4.39. The molecule has 0 bridgehead atoms. The molecule has 2 aromatic heterocycles. The van der Waals surface area contributed by atoms with Crippen LogP contribution in [-0.2, 0) is 6.54 Å². The summed E-state index contributed by atoms with van der Waals surface area (Å²) in [6.07, 6.45) is 3.05. The molecule has 0 spiro atoms. The number of aliphatic hydroxyl groups excluding tert-OH is 2. The standard InChI is InChI=1S/C30H30ClN5O6/c31-22-10-11-26(32-19-22)33-29(41)24-3-1-5-25(39)27(24)34-28(40)21-8-6-20(7-9-21)23-4-2-12-36(30(23)42)14-13-35(15-17-37)16-18-38/h1-12,19,37-39H,13-18H2,(H,34,40)(H,32,33,41). The second-order valence-corrected chi connectivity index (χ2v) is 9.69. The van der Waals surface area contributed by atoms with Crippen molar-refractivity contribution < 1.29 is 24.9 Å². The average molecular weight is 592 g/mol. The van der Waals surface area contributed by atoms with Crippen LogP contribution in [0.3, 0.4) is 0 Å². The molecule has 0 unspecified atom stereocenters. The van der Waals surface area contributed by atoms with E-state index in [-0.39, 0.29) is 47.2 Å². The highest BCUT2D eigenvalue weighted by molar-refractivity contribution is 6.30. The number of amides is 2. The van der Waals surface area contributed by atoms with Gasteiger partial charge in [0.1, 0.15) is 11.6 Å². The number of aromatic hydroxyl groups is 1. The van der Waals surface area contributed by atoms with E-state index in [0.717, 1.165) is 0 Å². The Balaban J connectivity index is 1.48. The Bertz CT molecular complexity index is 1590. The lowest BCUT2D eigenvalue weighted by Crippen LogP contribution is -2.35. The van der Waals surface area contributed by atoms with Crippen molar-refractivity contribution in [3.05, 3.63) is 106 Å². The molecule has 2 amide bonds. The van der Waals surface area contributed by atoms with Crippen LogP contribution in [0.15, 0.2) is 83.9 Å². The van der Waals surface area contributed by atoms with E-state index < -0.39 is 11.8 Å².